The van der Waals surface area contributed by atoms with Crippen molar-refractivity contribution in [3.63, 3.8) is 0 Å². The van der Waals surface area contributed by atoms with Crippen molar-refractivity contribution in [1.82, 2.24) is 0 Å². The molecule has 5 nitrogen and oxygen atoms in total. The molecule has 2 aromatic rings. The second kappa shape index (κ2) is 7.24. The molecular formula is C17H19ClN2O3. The van der Waals surface area contributed by atoms with Gasteiger partial charge in [-0.1, -0.05) is 17.7 Å². The zero-order valence-electron chi connectivity index (χ0n) is 13.5. The summed E-state index contributed by atoms with van der Waals surface area (Å²) in [5.41, 5.74) is 2.70. The van der Waals surface area contributed by atoms with Crippen molar-refractivity contribution in [2.24, 2.45) is 0 Å². The number of benzene rings is 2. The molecule has 2 rings (SSSR count). The zero-order valence-corrected chi connectivity index (χ0v) is 14.3. The van der Waals surface area contributed by atoms with Crippen LogP contribution in [0.1, 0.15) is 10.4 Å². The maximum absolute atomic E-state index is 11.4. The first-order valence-electron chi connectivity index (χ1n) is 6.95. The second-order valence-electron chi connectivity index (χ2n) is 5.07. The number of anilines is 3. The first-order valence-corrected chi connectivity index (χ1v) is 7.33. The molecular weight excluding hydrogens is 316 g/mol. The first kappa shape index (κ1) is 17.0. The van der Waals surface area contributed by atoms with E-state index in [4.69, 9.17) is 21.1 Å². The van der Waals surface area contributed by atoms with Crippen LogP contribution in [0.4, 0.5) is 17.1 Å². The Hall–Kier alpha value is -2.40. The minimum atomic E-state index is 0.465. The average molecular weight is 335 g/mol. The Bertz CT molecular complexity index is 717. The Morgan fingerprint density at radius 3 is 2.30 bits per heavy atom. The van der Waals surface area contributed by atoms with Gasteiger partial charge in [0.1, 0.15) is 0 Å². The lowest BCUT2D eigenvalue weighted by molar-refractivity contribution is 0.112. The van der Waals surface area contributed by atoms with Crippen LogP contribution in [-0.4, -0.2) is 34.6 Å². The van der Waals surface area contributed by atoms with E-state index in [1.807, 2.05) is 37.2 Å². The number of hydrogen-bond donors (Lipinski definition) is 1. The first-order chi connectivity index (χ1) is 11.0. The molecule has 0 aliphatic carbocycles. The smallest absolute Gasteiger partial charge is 0.162 e. The molecule has 0 saturated heterocycles. The van der Waals surface area contributed by atoms with Crippen LogP contribution in [0.2, 0.25) is 5.02 Å². The Morgan fingerprint density at radius 1 is 1.09 bits per heavy atom. The van der Waals surface area contributed by atoms with Gasteiger partial charge in [-0.15, -0.1) is 0 Å². The number of aldehydes is 1. The van der Waals surface area contributed by atoms with E-state index in [0.29, 0.717) is 27.8 Å². The molecule has 0 bridgehead atoms. The van der Waals surface area contributed by atoms with E-state index in [9.17, 15) is 4.79 Å². The van der Waals surface area contributed by atoms with Gasteiger partial charge in [0.25, 0.3) is 0 Å². The Labute approximate surface area is 140 Å². The number of halogens is 1. The van der Waals surface area contributed by atoms with E-state index in [1.165, 1.54) is 7.11 Å². The fraction of sp³-hybridized carbons (Fsp3) is 0.235. The fourth-order valence-electron chi connectivity index (χ4n) is 2.32. The van der Waals surface area contributed by atoms with Crippen LogP contribution >= 0.6 is 11.6 Å². The van der Waals surface area contributed by atoms with Gasteiger partial charge in [-0.3, -0.25) is 4.79 Å². The average Bonchev–Trinajstić information content (AvgIpc) is 2.54. The van der Waals surface area contributed by atoms with Crippen molar-refractivity contribution in [2.75, 3.05) is 38.5 Å². The highest BCUT2D eigenvalue weighted by atomic mass is 35.5. The molecule has 0 atom stereocenters. The summed E-state index contributed by atoms with van der Waals surface area (Å²) in [6, 6.07) is 8.92. The molecule has 0 radical (unpaired) electrons. The van der Waals surface area contributed by atoms with Crippen molar-refractivity contribution >= 4 is 34.9 Å². The number of carbonyl (C=O) groups is 1. The van der Waals surface area contributed by atoms with Gasteiger partial charge in [-0.05, 0) is 18.2 Å². The van der Waals surface area contributed by atoms with Crippen LogP contribution in [0.15, 0.2) is 30.3 Å². The van der Waals surface area contributed by atoms with E-state index in [1.54, 1.807) is 19.2 Å². The molecule has 0 fully saturated rings. The van der Waals surface area contributed by atoms with Crippen molar-refractivity contribution in [2.45, 2.75) is 0 Å². The minimum Gasteiger partial charge on any atom is -0.493 e. The summed E-state index contributed by atoms with van der Waals surface area (Å²) in [6.45, 7) is 0. The van der Waals surface area contributed by atoms with Crippen molar-refractivity contribution in [3.05, 3.63) is 40.9 Å². The largest absolute Gasteiger partial charge is 0.493 e. The number of nitrogens with one attached hydrogen (secondary N) is 1. The summed E-state index contributed by atoms with van der Waals surface area (Å²) in [6.07, 6.45) is 0.768. The summed E-state index contributed by atoms with van der Waals surface area (Å²) in [7, 11) is 6.89. The SMILES string of the molecule is COc1cc(C=O)c(Nc2cccc(Cl)c2N(C)C)cc1OC. The van der Waals surface area contributed by atoms with Crippen LogP contribution in [0, 0.1) is 0 Å². The van der Waals surface area contributed by atoms with E-state index < -0.39 is 0 Å². The van der Waals surface area contributed by atoms with Crippen LogP contribution in [-0.2, 0) is 0 Å². The van der Waals surface area contributed by atoms with Crippen LogP contribution in [0.25, 0.3) is 0 Å². The number of carbonyl (C=O) groups excluding carboxylic acids is 1. The molecule has 122 valence electrons. The molecule has 1 N–H and O–H groups in total. The summed E-state index contributed by atoms with van der Waals surface area (Å²) in [5, 5.41) is 3.87. The van der Waals surface area contributed by atoms with Gasteiger partial charge in [0.15, 0.2) is 17.8 Å². The van der Waals surface area contributed by atoms with Gasteiger partial charge in [0, 0.05) is 25.7 Å². The number of hydrogen-bond acceptors (Lipinski definition) is 5. The minimum absolute atomic E-state index is 0.465. The third-order valence-corrected chi connectivity index (χ3v) is 3.69. The number of rotatable bonds is 6. The number of methoxy groups -OCH3 is 2. The quantitative estimate of drug-likeness (QED) is 0.810. The van der Waals surface area contributed by atoms with Crippen LogP contribution < -0.4 is 19.7 Å². The topological polar surface area (TPSA) is 50.8 Å². The van der Waals surface area contributed by atoms with Crippen LogP contribution in [0.3, 0.4) is 0 Å². The molecule has 0 amide bonds. The molecule has 0 spiro atoms. The summed E-state index contributed by atoms with van der Waals surface area (Å²) < 4.78 is 10.5. The Balaban J connectivity index is 2.52. The van der Waals surface area contributed by atoms with E-state index in [-0.39, 0.29) is 0 Å². The maximum Gasteiger partial charge on any atom is 0.162 e. The molecule has 0 aromatic heterocycles. The number of para-hydroxylation sites is 1. The molecule has 2 aromatic carbocycles. The van der Waals surface area contributed by atoms with Crippen molar-refractivity contribution < 1.29 is 14.3 Å². The highest BCUT2D eigenvalue weighted by Gasteiger charge is 2.14. The highest BCUT2D eigenvalue weighted by Crippen LogP contribution is 2.38. The number of ether oxygens (including phenoxy) is 2. The predicted molar refractivity (Wildman–Crippen MR) is 94.0 cm³/mol. The molecule has 0 aliphatic heterocycles. The summed E-state index contributed by atoms with van der Waals surface area (Å²) >= 11 is 6.27. The standard InChI is InChI=1S/C17H19ClN2O3/c1-20(2)17-12(18)6-5-7-13(17)19-14-9-16(23-4)15(22-3)8-11(14)10-21/h5-10,19H,1-4H3. The lowest BCUT2D eigenvalue weighted by atomic mass is 10.1. The summed E-state index contributed by atoms with van der Waals surface area (Å²) in [4.78, 5) is 13.3. The van der Waals surface area contributed by atoms with Crippen LogP contribution in [0.5, 0.6) is 11.5 Å². The summed E-state index contributed by atoms with van der Waals surface area (Å²) in [5.74, 6) is 1.04. The Morgan fingerprint density at radius 2 is 1.74 bits per heavy atom. The number of nitrogens with zero attached hydrogens (tertiary/aromatic N) is 1. The maximum atomic E-state index is 11.4. The third-order valence-electron chi connectivity index (χ3n) is 3.39. The molecule has 0 heterocycles. The van der Waals surface area contributed by atoms with Crippen molar-refractivity contribution in [1.29, 1.82) is 0 Å². The third kappa shape index (κ3) is 3.51. The zero-order chi connectivity index (χ0) is 17.0. The molecule has 0 saturated carbocycles. The molecule has 0 aliphatic rings. The second-order valence-corrected chi connectivity index (χ2v) is 5.47. The lowest BCUT2D eigenvalue weighted by Crippen LogP contribution is -2.12. The molecule has 0 unspecified atom stereocenters. The van der Waals surface area contributed by atoms with Gasteiger partial charge in [0.05, 0.1) is 36.3 Å². The van der Waals surface area contributed by atoms with E-state index >= 15 is 0 Å². The van der Waals surface area contributed by atoms with Gasteiger partial charge in [-0.2, -0.15) is 0 Å². The highest BCUT2D eigenvalue weighted by molar-refractivity contribution is 6.34. The predicted octanol–water partition coefficient (Wildman–Crippen LogP) is 3.98. The lowest BCUT2D eigenvalue weighted by Gasteiger charge is -2.21. The van der Waals surface area contributed by atoms with Gasteiger partial charge >= 0.3 is 0 Å². The Kier molecular flexibility index (Phi) is 5.34. The molecule has 23 heavy (non-hydrogen) atoms. The monoisotopic (exact) mass is 334 g/mol. The normalized spacial score (nSPS) is 10.1. The molecule has 6 heteroatoms. The van der Waals surface area contributed by atoms with Crippen molar-refractivity contribution in [3.8, 4) is 11.5 Å². The fourth-order valence-corrected chi connectivity index (χ4v) is 2.66. The van der Waals surface area contributed by atoms with Gasteiger partial charge < -0.3 is 19.7 Å². The van der Waals surface area contributed by atoms with E-state index in [0.717, 1.165) is 17.7 Å². The van der Waals surface area contributed by atoms with E-state index in [2.05, 4.69) is 5.32 Å². The van der Waals surface area contributed by atoms with Gasteiger partial charge in [-0.25, -0.2) is 0 Å². The van der Waals surface area contributed by atoms with Gasteiger partial charge in [0.2, 0.25) is 0 Å².